The average molecular weight is 248 g/mol. The summed E-state index contributed by atoms with van der Waals surface area (Å²) in [6.45, 7) is 12.8. The quantitative estimate of drug-likeness (QED) is 0.836. The van der Waals surface area contributed by atoms with Gasteiger partial charge in [0.2, 0.25) is 0 Å². The van der Waals surface area contributed by atoms with Gasteiger partial charge in [0.1, 0.15) is 0 Å². The van der Waals surface area contributed by atoms with Crippen molar-refractivity contribution in [2.45, 2.75) is 53.1 Å². The molecule has 0 radical (unpaired) electrons. The Hall–Kier alpha value is -0.860. The molecule has 0 amide bonds. The number of hydrogen-bond acceptors (Lipinski definition) is 2. The van der Waals surface area contributed by atoms with Gasteiger partial charge in [0.15, 0.2) is 0 Å². The standard InChI is InChI=1S/C16H28N2/c1-6-9-18(12(2)3)16(11-17)15-8-7-13(4)10-14(15)5/h7-8,10,12,16H,6,9,11,17H2,1-5H3. The molecular formula is C16H28N2. The molecule has 0 bridgehead atoms. The molecule has 1 rings (SSSR count). The van der Waals surface area contributed by atoms with Crippen LogP contribution in [0.3, 0.4) is 0 Å². The predicted molar refractivity (Wildman–Crippen MR) is 79.8 cm³/mol. The van der Waals surface area contributed by atoms with Crippen molar-refractivity contribution < 1.29 is 0 Å². The fourth-order valence-corrected chi connectivity index (χ4v) is 2.67. The fourth-order valence-electron chi connectivity index (χ4n) is 2.67. The molecule has 18 heavy (non-hydrogen) atoms. The summed E-state index contributed by atoms with van der Waals surface area (Å²) in [5.74, 6) is 0. The minimum absolute atomic E-state index is 0.338. The lowest BCUT2D eigenvalue weighted by Crippen LogP contribution is -2.39. The average Bonchev–Trinajstić information content (AvgIpc) is 2.31. The summed E-state index contributed by atoms with van der Waals surface area (Å²) in [5, 5.41) is 0. The van der Waals surface area contributed by atoms with Gasteiger partial charge in [-0.05, 0) is 51.8 Å². The molecule has 0 spiro atoms. The van der Waals surface area contributed by atoms with E-state index in [0.29, 0.717) is 18.6 Å². The van der Waals surface area contributed by atoms with Crippen LogP contribution in [0.25, 0.3) is 0 Å². The first kappa shape index (κ1) is 15.2. The molecule has 1 unspecified atom stereocenters. The molecule has 2 N–H and O–H groups in total. The fraction of sp³-hybridized carbons (Fsp3) is 0.625. The molecule has 0 fully saturated rings. The maximum absolute atomic E-state index is 6.04. The van der Waals surface area contributed by atoms with Gasteiger partial charge in [-0.25, -0.2) is 0 Å². The van der Waals surface area contributed by atoms with E-state index in [1.165, 1.54) is 23.1 Å². The third-order valence-electron chi connectivity index (χ3n) is 3.55. The number of rotatable bonds is 6. The van der Waals surface area contributed by atoms with E-state index in [-0.39, 0.29) is 0 Å². The lowest BCUT2D eigenvalue weighted by Gasteiger charge is -2.35. The molecule has 102 valence electrons. The molecule has 0 aliphatic carbocycles. The van der Waals surface area contributed by atoms with Crippen molar-refractivity contribution in [3.8, 4) is 0 Å². The van der Waals surface area contributed by atoms with E-state index in [9.17, 15) is 0 Å². The van der Waals surface area contributed by atoms with E-state index in [4.69, 9.17) is 5.73 Å². The van der Waals surface area contributed by atoms with Crippen molar-refractivity contribution in [1.82, 2.24) is 4.90 Å². The molecule has 0 heterocycles. The third-order valence-corrected chi connectivity index (χ3v) is 3.55. The molecule has 1 atom stereocenters. The van der Waals surface area contributed by atoms with Crippen LogP contribution in [0.4, 0.5) is 0 Å². The molecule has 1 aromatic rings. The second-order valence-electron chi connectivity index (χ2n) is 5.44. The topological polar surface area (TPSA) is 29.3 Å². The van der Waals surface area contributed by atoms with Crippen LogP contribution in [0.2, 0.25) is 0 Å². The molecule has 1 aromatic carbocycles. The maximum atomic E-state index is 6.04. The van der Waals surface area contributed by atoms with Gasteiger partial charge in [-0.3, -0.25) is 4.90 Å². The van der Waals surface area contributed by atoms with Gasteiger partial charge in [0.05, 0.1) is 0 Å². The highest BCUT2D eigenvalue weighted by atomic mass is 15.2. The Kier molecular flexibility index (Phi) is 5.83. The van der Waals surface area contributed by atoms with Crippen LogP contribution >= 0.6 is 0 Å². The molecule has 0 aliphatic heterocycles. The van der Waals surface area contributed by atoms with Gasteiger partial charge in [-0.1, -0.05) is 30.7 Å². The SMILES string of the molecule is CCCN(C(C)C)C(CN)c1ccc(C)cc1C. The number of hydrogen-bond donors (Lipinski definition) is 1. The molecule has 0 aliphatic rings. The minimum atomic E-state index is 0.338. The van der Waals surface area contributed by atoms with Crippen LogP contribution in [-0.2, 0) is 0 Å². The number of nitrogens with zero attached hydrogens (tertiary/aromatic N) is 1. The zero-order valence-corrected chi connectivity index (χ0v) is 12.5. The van der Waals surface area contributed by atoms with Crippen LogP contribution in [0.1, 0.15) is 49.9 Å². The van der Waals surface area contributed by atoms with Crippen LogP contribution in [0.5, 0.6) is 0 Å². The first-order valence-electron chi connectivity index (χ1n) is 7.04. The second kappa shape index (κ2) is 6.91. The molecule has 0 aromatic heterocycles. The minimum Gasteiger partial charge on any atom is -0.329 e. The van der Waals surface area contributed by atoms with E-state index in [1.54, 1.807) is 0 Å². The Labute approximate surface area is 112 Å². The van der Waals surface area contributed by atoms with Gasteiger partial charge in [0.25, 0.3) is 0 Å². The molecular weight excluding hydrogens is 220 g/mol. The van der Waals surface area contributed by atoms with E-state index in [2.05, 4.69) is 57.7 Å². The molecule has 0 saturated heterocycles. The van der Waals surface area contributed by atoms with E-state index in [1.807, 2.05) is 0 Å². The first-order chi connectivity index (χ1) is 8.51. The first-order valence-corrected chi connectivity index (χ1v) is 7.04. The van der Waals surface area contributed by atoms with E-state index >= 15 is 0 Å². The predicted octanol–water partition coefficient (Wildman–Crippen LogP) is 3.42. The largest absolute Gasteiger partial charge is 0.329 e. The van der Waals surface area contributed by atoms with Gasteiger partial charge >= 0.3 is 0 Å². The summed E-state index contributed by atoms with van der Waals surface area (Å²) in [6, 6.07) is 7.55. The van der Waals surface area contributed by atoms with Crippen molar-refractivity contribution >= 4 is 0 Å². The molecule has 2 nitrogen and oxygen atoms in total. The summed E-state index contributed by atoms with van der Waals surface area (Å²) in [5.41, 5.74) is 10.1. The summed E-state index contributed by atoms with van der Waals surface area (Å²) < 4.78 is 0. The lowest BCUT2D eigenvalue weighted by molar-refractivity contribution is 0.157. The van der Waals surface area contributed by atoms with Crippen LogP contribution < -0.4 is 5.73 Å². The van der Waals surface area contributed by atoms with Crippen LogP contribution in [-0.4, -0.2) is 24.0 Å². The number of aryl methyl sites for hydroxylation is 2. The van der Waals surface area contributed by atoms with Crippen molar-refractivity contribution in [2.24, 2.45) is 5.73 Å². The summed E-state index contributed by atoms with van der Waals surface area (Å²) in [6.07, 6.45) is 1.17. The maximum Gasteiger partial charge on any atom is 0.0475 e. The Balaban J connectivity index is 3.06. The van der Waals surface area contributed by atoms with Crippen molar-refractivity contribution in [1.29, 1.82) is 0 Å². The zero-order valence-electron chi connectivity index (χ0n) is 12.5. The van der Waals surface area contributed by atoms with Gasteiger partial charge in [-0.2, -0.15) is 0 Å². The highest BCUT2D eigenvalue weighted by molar-refractivity contribution is 5.33. The Morgan fingerprint density at radius 2 is 1.89 bits per heavy atom. The highest BCUT2D eigenvalue weighted by Crippen LogP contribution is 2.25. The lowest BCUT2D eigenvalue weighted by atomic mass is 9.97. The van der Waals surface area contributed by atoms with Gasteiger partial charge in [-0.15, -0.1) is 0 Å². The van der Waals surface area contributed by atoms with Crippen molar-refractivity contribution in [2.75, 3.05) is 13.1 Å². The Morgan fingerprint density at radius 3 is 2.33 bits per heavy atom. The van der Waals surface area contributed by atoms with Crippen LogP contribution in [0.15, 0.2) is 18.2 Å². The van der Waals surface area contributed by atoms with Gasteiger partial charge in [0, 0.05) is 18.6 Å². The van der Waals surface area contributed by atoms with Gasteiger partial charge < -0.3 is 5.73 Å². The summed E-state index contributed by atoms with van der Waals surface area (Å²) >= 11 is 0. The number of benzene rings is 1. The Bertz CT molecular complexity index is 371. The Morgan fingerprint density at radius 1 is 1.22 bits per heavy atom. The van der Waals surface area contributed by atoms with Crippen molar-refractivity contribution in [3.63, 3.8) is 0 Å². The summed E-state index contributed by atoms with van der Waals surface area (Å²) in [7, 11) is 0. The smallest absolute Gasteiger partial charge is 0.0475 e. The normalized spacial score (nSPS) is 13.3. The third kappa shape index (κ3) is 3.56. The molecule has 2 heteroatoms. The summed E-state index contributed by atoms with van der Waals surface area (Å²) in [4.78, 5) is 2.51. The second-order valence-corrected chi connectivity index (χ2v) is 5.44. The van der Waals surface area contributed by atoms with E-state index < -0.39 is 0 Å². The van der Waals surface area contributed by atoms with Crippen molar-refractivity contribution in [3.05, 3.63) is 34.9 Å². The number of nitrogens with two attached hydrogens (primary N) is 1. The highest BCUT2D eigenvalue weighted by Gasteiger charge is 2.22. The van der Waals surface area contributed by atoms with E-state index in [0.717, 1.165) is 6.54 Å². The molecule has 0 saturated carbocycles. The van der Waals surface area contributed by atoms with Crippen LogP contribution in [0, 0.1) is 13.8 Å². The zero-order chi connectivity index (χ0) is 13.7. The monoisotopic (exact) mass is 248 g/mol.